The molecule has 0 amide bonds. The fourth-order valence-corrected chi connectivity index (χ4v) is 4.29. The largest absolute Gasteiger partial charge is 0.576 e. The Morgan fingerprint density at radius 1 is 0.514 bits per heavy atom. The zero-order valence-electron chi connectivity index (χ0n) is 18.3. The van der Waals surface area contributed by atoms with Gasteiger partial charge in [-0.3, -0.25) is 0 Å². The van der Waals surface area contributed by atoms with Crippen LogP contribution in [0.15, 0.2) is 84.9 Å². The Labute approximate surface area is 224 Å². The van der Waals surface area contributed by atoms with Crippen LogP contribution in [-0.4, -0.2) is 7.69 Å². The van der Waals surface area contributed by atoms with Gasteiger partial charge in [-0.25, -0.2) is 0 Å². The van der Waals surface area contributed by atoms with Crippen LogP contribution >= 0.6 is 46.4 Å². The van der Waals surface area contributed by atoms with Crippen LogP contribution in [0.4, 0.5) is 0 Å². The highest BCUT2D eigenvalue weighted by Crippen LogP contribution is 2.39. The van der Waals surface area contributed by atoms with E-state index in [-0.39, 0.29) is 7.69 Å². The Morgan fingerprint density at radius 2 is 0.857 bits per heavy atom. The maximum atomic E-state index is 6.35. The molecule has 0 saturated carbocycles. The van der Waals surface area contributed by atoms with Gasteiger partial charge in [-0.15, -0.1) is 0 Å². The molecule has 0 atom stereocenters. The SMILES string of the molecule is Clc1cc(OBOc2cc(Cl)c(OCc3ccccc3)c(Cl)c2)cc(Cl)c1OCc1ccccc1. The summed E-state index contributed by atoms with van der Waals surface area (Å²) >= 11 is 25.4. The van der Waals surface area contributed by atoms with Crippen molar-refractivity contribution < 1.29 is 18.8 Å². The van der Waals surface area contributed by atoms with E-state index in [9.17, 15) is 0 Å². The molecule has 0 aliphatic heterocycles. The molecule has 9 heteroatoms. The van der Waals surface area contributed by atoms with Crippen molar-refractivity contribution in [1.82, 2.24) is 0 Å². The summed E-state index contributed by atoms with van der Waals surface area (Å²) < 4.78 is 22.8. The molecule has 35 heavy (non-hydrogen) atoms. The van der Waals surface area contributed by atoms with Crippen LogP contribution in [0.2, 0.25) is 20.1 Å². The van der Waals surface area contributed by atoms with Crippen LogP contribution in [0.1, 0.15) is 11.1 Å². The number of rotatable bonds is 10. The van der Waals surface area contributed by atoms with Gasteiger partial charge in [0.1, 0.15) is 24.7 Å². The first-order valence-electron chi connectivity index (χ1n) is 10.6. The van der Waals surface area contributed by atoms with Crippen LogP contribution in [0.3, 0.4) is 0 Å². The molecule has 0 bridgehead atoms. The number of hydrogen-bond donors (Lipinski definition) is 0. The average molecular weight is 548 g/mol. The summed E-state index contributed by atoms with van der Waals surface area (Å²) in [5.41, 5.74) is 2.00. The Bertz CT molecular complexity index is 1130. The van der Waals surface area contributed by atoms with E-state index in [1.807, 2.05) is 60.7 Å². The summed E-state index contributed by atoms with van der Waals surface area (Å²) in [6, 6.07) is 25.9. The lowest BCUT2D eigenvalue weighted by atomic mass is 10.2. The molecule has 0 radical (unpaired) electrons. The number of ether oxygens (including phenoxy) is 2. The van der Waals surface area contributed by atoms with Crippen molar-refractivity contribution in [2.75, 3.05) is 0 Å². The molecule has 0 N–H and O–H groups in total. The predicted molar refractivity (Wildman–Crippen MR) is 143 cm³/mol. The second-order valence-corrected chi connectivity index (χ2v) is 9.02. The molecule has 0 saturated heterocycles. The fourth-order valence-electron chi connectivity index (χ4n) is 3.14. The highest BCUT2D eigenvalue weighted by molar-refractivity contribution is 6.38. The number of halogens is 4. The van der Waals surface area contributed by atoms with Crippen molar-refractivity contribution in [3.8, 4) is 23.0 Å². The number of benzene rings is 4. The van der Waals surface area contributed by atoms with Gasteiger partial charge in [-0.05, 0) is 11.1 Å². The molecular formula is C26H19BCl4O4. The molecule has 4 aromatic rings. The lowest BCUT2D eigenvalue weighted by molar-refractivity contribution is 0.306. The summed E-state index contributed by atoms with van der Waals surface area (Å²) in [4.78, 5) is 0. The Balaban J connectivity index is 1.32. The first kappa shape index (κ1) is 25.4. The van der Waals surface area contributed by atoms with Gasteiger partial charge in [0.05, 0.1) is 20.1 Å². The van der Waals surface area contributed by atoms with E-state index in [4.69, 9.17) is 65.2 Å². The van der Waals surface area contributed by atoms with Crippen LogP contribution < -0.4 is 18.8 Å². The van der Waals surface area contributed by atoms with Crippen LogP contribution in [0.25, 0.3) is 0 Å². The molecule has 178 valence electrons. The Kier molecular flexibility index (Phi) is 8.94. The molecular weight excluding hydrogens is 529 g/mol. The van der Waals surface area contributed by atoms with E-state index in [0.29, 0.717) is 56.3 Å². The lowest BCUT2D eigenvalue weighted by Crippen LogP contribution is -2.11. The quantitative estimate of drug-likeness (QED) is 0.188. The third kappa shape index (κ3) is 7.15. The van der Waals surface area contributed by atoms with E-state index >= 15 is 0 Å². The van der Waals surface area contributed by atoms with E-state index in [1.54, 1.807) is 24.3 Å². The summed E-state index contributed by atoms with van der Waals surface area (Å²) in [5.74, 6) is 1.62. The van der Waals surface area contributed by atoms with Gasteiger partial charge in [0.15, 0.2) is 11.5 Å². The highest BCUT2D eigenvalue weighted by Gasteiger charge is 2.14. The van der Waals surface area contributed by atoms with Gasteiger partial charge in [0.2, 0.25) is 0 Å². The summed E-state index contributed by atoms with van der Waals surface area (Å²) in [5, 5.41) is 1.31. The third-order valence-corrected chi connectivity index (χ3v) is 5.97. The normalized spacial score (nSPS) is 10.5. The highest BCUT2D eigenvalue weighted by atomic mass is 35.5. The van der Waals surface area contributed by atoms with Crippen molar-refractivity contribution in [1.29, 1.82) is 0 Å². The van der Waals surface area contributed by atoms with Crippen LogP contribution in [0.5, 0.6) is 23.0 Å². The Morgan fingerprint density at radius 3 is 1.20 bits per heavy atom. The van der Waals surface area contributed by atoms with Crippen LogP contribution in [0, 0.1) is 0 Å². The molecule has 4 aromatic carbocycles. The molecule has 0 aliphatic rings. The van der Waals surface area contributed by atoms with E-state index < -0.39 is 0 Å². The second kappa shape index (κ2) is 12.3. The molecule has 0 heterocycles. The third-order valence-electron chi connectivity index (χ3n) is 4.85. The van der Waals surface area contributed by atoms with Crippen molar-refractivity contribution in [3.63, 3.8) is 0 Å². The van der Waals surface area contributed by atoms with Crippen molar-refractivity contribution >= 4 is 54.1 Å². The Hall–Kier alpha value is -2.70. The summed E-state index contributed by atoms with van der Waals surface area (Å²) in [6.45, 7) is 0.687. The zero-order valence-corrected chi connectivity index (χ0v) is 21.4. The predicted octanol–water partition coefficient (Wildman–Crippen LogP) is 8.18. The molecule has 4 rings (SSSR count). The van der Waals surface area contributed by atoms with Crippen molar-refractivity contribution in [3.05, 3.63) is 116 Å². The minimum Gasteiger partial charge on any atom is -0.528 e. The molecule has 0 aliphatic carbocycles. The second-order valence-electron chi connectivity index (χ2n) is 7.39. The van der Waals surface area contributed by atoms with Gasteiger partial charge in [-0.2, -0.15) is 0 Å². The minimum atomic E-state index is -0.117. The van der Waals surface area contributed by atoms with E-state index in [0.717, 1.165) is 11.1 Å². The minimum absolute atomic E-state index is 0.117. The molecule has 0 spiro atoms. The van der Waals surface area contributed by atoms with E-state index in [1.165, 1.54) is 0 Å². The summed E-state index contributed by atoms with van der Waals surface area (Å²) in [7, 11) is -0.117. The standard InChI is InChI=1S/C26H19BCl4O4/c28-21-11-19(12-22(29)25(21)32-15-17-7-3-1-4-8-17)34-27-35-20-13-23(30)26(24(31)14-20)33-16-18-9-5-2-6-10-18/h1-14,27H,15-16H2. The smallest absolute Gasteiger partial charge is 0.528 e. The van der Waals surface area contributed by atoms with Gasteiger partial charge < -0.3 is 18.8 Å². The average Bonchev–Trinajstić information content (AvgIpc) is 2.84. The topological polar surface area (TPSA) is 36.9 Å². The number of hydrogen-bond acceptors (Lipinski definition) is 4. The summed E-state index contributed by atoms with van der Waals surface area (Å²) in [6.07, 6.45) is 0. The van der Waals surface area contributed by atoms with Gasteiger partial charge in [-0.1, -0.05) is 107 Å². The maximum absolute atomic E-state index is 6.35. The van der Waals surface area contributed by atoms with Gasteiger partial charge >= 0.3 is 7.69 Å². The first-order valence-corrected chi connectivity index (χ1v) is 12.1. The van der Waals surface area contributed by atoms with Gasteiger partial charge in [0, 0.05) is 24.3 Å². The molecule has 0 unspecified atom stereocenters. The van der Waals surface area contributed by atoms with Crippen molar-refractivity contribution in [2.45, 2.75) is 13.2 Å². The molecule has 0 fully saturated rings. The molecule has 0 aromatic heterocycles. The van der Waals surface area contributed by atoms with Crippen molar-refractivity contribution in [2.24, 2.45) is 0 Å². The van der Waals surface area contributed by atoms with Crippen LogP contribution in [-0.2, 0) is 13.2 Å². The molecule has 4 nitrogen and oxygen atoms in total. The first-order chi connectivity index (χ1) is 17.0. The zero-order chi connectivity index (χ0) is 24.6. The van der Waals surface area contributed by atoms with E-state index in [2.05, 4.69) is 0 Å². The fraction of sp³-hybridized carbons (Fsp3) is 0.0769. The monoisotopic (exact) mass is 546 g/mol. The van der Waals surface area contributed by atoms with Gasteiger partial charge in [0.25, 0.3) is 0 Å². The lowest BCUT2D eigenvalue weighted by Gasteiger charge is -2.14. The maximum Gasteiger partial charge on any atom is 0.576 e.